The molecular formula is C24H23N5O2. The number of hydrogen-bond acceptors (Lipinski definition) is 5. The van der Waals surface area contributed by atoms with Gasteiger partial charge in [-0.15, -0.1) is 0 Å². The summed E-state index contributed by atoms with van der Waals surface area (Å²) in [5.41, 5.74) is 5.57. The quantitative estimate of drug-likeness (QED) is 0.514. The molecule has 0 spiro atoms. The number of anilines is 1. The molecule has 0 bridgehead atoms. The number of benzene rings is 2. The summed E-state index contributed by atoms with van der Waals surface area (Å²) in [6.07, 6.45) is 2.37. The number of rotatable bonds is 3. The number of fused-ring (bicyclic) bond motifs is 2. The molecule has 0 saturated carbocycles. The van der Waals surface area contributed by atoms with E-state index in [4.69, 9.17) is 4.74 Å². The average molecular weight is 413 g/mol. The van der Waals surface area contributed by atoms with Crippen LogP contribution in [-0.2, 0) is 13.0 Å². The highest BCUT2D eigenvalue weighted by Crippen LogP contribution is 2.30. The average Bonchev–Trinajstić information content (AvgIpc) is 3.09. The summed E-state index contributed by atoms with van der Waals surface area (Å²) in [6.45, 7) is 5.53. The van der Waals surface area contributed by atoms with Crippen LogP contribution < -0.4 is 15.4 Å². The second kappa shape index (κ2) is 7.85. The van der Waals surface area contributed by atoms with Crippen molar-refractivity contribution < 1.29 is 9.53 Å². The SMILES string of the molecule is Cc1cccc(NC(=O)n2c(C)cc3cc(Oc4ncnc5c4CCNC5)ccc32)c1. The van der Waals surface area contributed by atoms with Crippen LogP contribution in [0.4, 0.5) is 10.5 Å². The number of aryl methyl sites for hydroxylation is 2. The molecule has 2 aromatic carbocycles. The molecule has 7 nitrogen and oxygen atoms in total. The highest BCUT2D eigenvalue weighted by Gasteiger charge is 2.18. The van der Waals surface area contributed by atoms with Crippen molar-refractivity contribution in [1.29, 1.82) is 0 Å². The van der Waals surface area contributed by atoms with Gasteiger partial charge < -0.3 is 15.4 Å². The molecule has 3 heterocycles. The minimum Gasteiger partial charge on any atom is -0.439 e. The number of carbonyl (C=O) groups excluding carboxylic acids is 1. The first-order chi connectivity index (χ1) is 15.1. The number of amides is 1. The molecule has 1 aliphatic heterocycles. The zero-order valence-electron chi connectivity index (χ0n) is 17.5. The van der Waals surface area contributed by atoms with Gasteiger partial charge in [-0.25, -0.2) is 14.8 Å². The number of nitrogens with zero attached hydrogens (tertiary/aromatic N) is 3. The van der Waals surface area contributed by atoms with Crippen molar-refractivity contribution in [2.45, 2.75) is 26.8 Å². The molecule has 156 valence electrons. The number of nitrogens with one attached hydrogen (secondary N) is 2. The maximum atomic E-state index is 13.0. The first-order valence-electron chi connectivity index (χ1n) is 10.3. The van der Waals surface area contributed by atoms with Crippen molar-refractivity contribution in [2.75, 3.05) is 11.9 Å². The number of carbonyl (C=O) groups is 1. The molecule has 0 atom stereocenters. The summed E-state index contributed by atoms with van der Waals surface area (Å²) >= 11 is 0. The fourth-order valence-electron chi connectivity index (χ4n) is 4.02. The second-order valence-electron chi connectivity index (χ2n) is 7.77. The minimum atomic E-state index is -0.191. The topological polar surface area (TPSA) is 81.1 Å². The fourth-order valence-corrected chi connectivity index (χ4v) is 4.02. The van der Waals surface area contributed by atoms with Crippen LogP contribution in [0.5, 0.6) is 11.6 Å². The Morgan fingerprint density at radius 2 is 2.03 bits per heavy atom. The Labute approximate surface area is 180 Å². The third kappa shape index (κ3) is 3.75. The predicted molar refractivity (Wildman–Crippen MR) is 120 cm³/mol. The number of ether oxygens (including phenoxy) is 1. The zero-order valence-corrected chi connectivity index (χ0v) is 17.5. The monoisotopic (exact) mass is 413 g/mol. The summed E-state index contributed by atoms with van der Waals surface area (Å²) in [4.78, 5) is 21.6. The van der Waals surface area contributed by atoms with Gasteiger partial charge in [-0.05, 0) is 68.8 Å². The molecule has 5 rings (SSSR count). The van der Waals surface area contributed by atoms with Gasteiger partial charge in [-0.3, -0.25) is 4.57 Å². The Balaban J connectivity index is 1.44. The molecule has 31 heavy (non-hydrogen) atoms. The van der Waals surface area contributed by atoms with Crippen LogP contribution in [0.3, 0.4) is 0 Å². The highest BCUT2D eigenvalue weighted by atomic mass is 16.5. The van der Waals surface area contributed by atoms with E-state index in [-0.39, 0.29) is 6.03 Å². The van der Waals surface area contributed by atoms with Gasteiger partial charge in [0.25, 0.3) is 0 Å². The number of aromatic nitrogens is 3. The predicted octanol–water partition coefficient (Wildman–Crippen LogP) is 4.57. The van der Waals surface area contributed by atoms with Crippen molar-refractivity contribution in [3.63, 3.8) is 0 Å². The minimum absolute atomic E-state index is 0.191. The van der Waals surface area contributed by atoms with Crippen LogP contribution in [0.1, 0.15) is 22.5 Å². The molecule has 7 heteroatoms. The standard InChI is InChI=1S/C24H23N5O2/c1-15-4-3-5-18(10-15)28-24(30)29-16(2)11-17-12-19(6-7-22(17)29)31-23-20-8-9-25-13-21(20)26-14-27-23/h3-7,10-12,14,25H,8-9,13H2,1-2H3,(H,28,30). The van der Waals surface area contributed by atoms with Crippen molar-refractivity contribution >= 4 is 22.6 Å². The van der Waals surface area contributed by atoms with Crippen LogP contribution in [-0.4, -0.2) is 27.1 Å². The van der Waals surface area contributed by atoms with Crippen LogP contribution >= 0.6 is 0 Å². The molecule has 0 unspecified atom stereocenters. The van der Waals surface area contributed by atoms with E-state index in [0.29, 0.717) is 11.6 Å². The third-order valence-corrected chi connectivity index (χ3v) is 5.48. The lowest BCUT2D eigenvalue weighted by Crippen LogP contribution is -2.25. The lowest BCUT2D eigenvalue weighted by molar-refractivity contribution is 0.254. The van der Waals surface area contributed by atoms with E-state index >= 15 is 0 Å². The van der Waals surface area contributed by atoms with Gasteiger partial charge in [-0.2, -0.15) is 0 Å². The Kier molecular flexibility index (Phi) is 4.88. The van der Waals surface area contributed by atoms with E-state index in [0.717, 1.165) is 58.6 Å². The van der Waals surface area contributed by atoms with Crippen LogP contribution in [0.25, 0.3) is 10.9 Å². The molecule has 4 aromatic rings. The summed E-state index contributed by atoms with van der Waals surface area (Å²) in [5.74, 6) is 1.28. The third-order valence-electron chi connectivity index (χ3n) is 5.48. The van der Waals surface area contributed by atoms with Gasteiger partial charge >= 0.3 is 6.03 Å². The van der Waals surface area contributed by atoms with Crippen LogP contribution in [0.2, 0.25) is 0 Å². The Morgan fingerprint density at radius 1 is 1.13 bits per heavy atom. The summed E-state index contributed by atoms with van der Waals surface area (Å²) in [6, 6.07) is 15.3. The normalized spacial score (nSPS) is 13.1. The molecule has 2 N–H and O–H groups in total. The van der Waals surface area contributed by atoms with Crippen molar-refractivity contribution in [1.82, 2.24) is 19.9 Å². The second-order valence-corrected chi connectivity index (χ2v) is 7.77. The van der Waals surface area contributed by atoms with Gasteiger partial charge in [0.2, 0.25) is 5.88 Å². The van der Waals surface area contributed by atoms with Gasteiger partial charge in [0.05, 0.1) is 11.2 Å². The molecular weight excluding hydrogens is 390 g/mol. The Bertz CT molecular complexity index is 1290. The smallest absolute Gasteiger partial charge is 0.330 e. The van der Waals surface area contributed by atoms with Gasteiger partial charge in [0.15, 0.2) is 0 Å². The van der Waals surface area contributed by atoms with Crippen molar-refractivity contribution in [2.24, 2.45) is 0 Å². The number of hydrogen-bond donors (Lipinski definition) is 2. The molecule has 0 aliphatic carbocycles. The maximum absolute atomic E-state index is 13.0. The zero-order chi connectivity index (χ0) is 21.4. The molecule has 1 amide bonds. The Hall–Kier alpha value is -3.71. The van der Waals surface area contributed by atoms with Crippen LogP contribution in [0.15, 0.2) is 54.9 Å². The Morgan fingerprint density at radius 3 is 2.90 bits per heavy atom. The van der Waals surface area contributed by atoms with Crippen molar-refractivity contribution in [3.8, 4) is 11.6 Å². The summed E-state index contributed by atoms with van der Waals surface area (Å²) in [5, 5.41) is 7.22. The molecule has 0 fully saturated rings. The van der Waals surface area contributed by atoms with E-state index in [2.05, 4.69) is 20.6 Å². The van der Waals surface area contributed by atoms with Gasteiger partial charge in [0, 0.05) is 28.9 Å². The summed E-state index contributed by atoms with van der Waals surface area (Å²) < 4.78 is 7.79. The lowest BCUT2D eigenvalue weighted by atomic mass is 10.1. The van der Waals surface area contributed by atoms with E-state index in [1.807, 2.05) is 62.4 Å². The molecule has 0 saturated heterocycles. The molecule has 0 radical (unpaired) electrons. The summed E-state index contributed by atoms with van der Waals surface area (Å²) in [7, 11) is 0. The van der Waals surface area contributed by atoms with E-state index < -0.39 is 0 Å². The van der Waals surface area contributed by atoms with E-state index in [1.165, 1.54) is 6.33 Å². The maximum Gasteiger partial charge on any atom is 0.330 e. The van der Waals surface area contributed by atoms with Crippen molar-refractivity contribution in [3.05, 3.63) is 77.4 Å². The molecule has 1 aliphatic rings. The fraction of sp³-hybridized carbons (Fsp3) is 0.208. The van der Waals surface area contributed by atoms with Gasteiger partial charge in [0.1, 0.15) is 12.1 Å². The first kappa shape index (κ1) is 19.3. The first-order valence-corrected chi connectivity index (χ1v) is 10.3. The molecule has 2 aromatic heterocycles. The largest absolute Gasteiger partial charge is 0.439 e. The lowest BCUT2D eigenvalue weighted by Gasteiger charge is -2.18. The van der Waals surface area contributed by atoms with E-state index in [1.54, 1.807) is 4.57 Å². The van der Waals surface area contributed by atoms with Crippen LogP contribution in [0, 0.1) is 13.8 Å². The van der Waals surface area contributed by atoms with Gasteiger partial charge in [-0.1, -0.05) is 12.1 Å². The highest BCUT2D eigenvalue weighted by molar-refractivity contribution is 5.99. The van der Waals surface area contributed by atoms with E-state index in [9.17, 15) is 4.79 Å².